The van der Waals surface area contributed by atoms with E-state index in [1.165, 1.54) is 0 Å². The van der Waals surface area contributed by atoms with Gasteiger partial charge in [-0.05, 0) is 37.3 Å². The summed E-state index contributed by atoms with van der Waals surface area (Å²) in [7, 11) is 0. The number of para-hydroxylation sites is 1. The highest BCUT2D eigenvalue weighted by Gasteiger charge is 2.09. The molecule has 6 heteroatoms. The van der Waals surface area contributed by atoms with E-state index in [1.54, 1.807) is 18.6 Å². The van der Waals surface area contributed by atoms with Crippen molar-refractivity contribution < 1.29 is 0 Å². The van der Waals surface area contributed by atoms with Gasteiger partial charge >= 0.3 is 0 Å². The predicted molar refractivity (Wildman–Crippen MR) is 96.9 cm³/mol. The molecule has 4 rings (SSSR count). The summed E-state index contributed by atoms with van der Waals surface area (Å²) in [6.07, 6.45) is 5.25. The van der Waals surface area contributed by atoms with Crippen LogP contribution >= 0.6 is 0 Å². The van der Waals surface area contributed by atoms with Crippen molar-refractivity contribution in [2.24, 2.45) is 0 Å². The molecule has 3 heterocycles. The Hall–Kier alpha value is -3.41. The Morgan fingerprint density at radius 3 is 2.56 bits per heavy atom. The molecule has 3 aromatic heterocycles. The van der Waals surface area contributed by atoms with Crippen molar-refractivity contribution in [3.63, 3.8) is 0 Å². The van der Waals surface area contributed by atoms with Crippen molar-refractivity contribution in [1.82, 2.24) is 24.9 Å². The van der Waals surface area contributed by atoms with E-state index in [4.69, 9.17) is 4.98 Å². The van der Waals surface area contributed by atoms with Gasteiger partial charge in [0.1, 0.15) is 11.6 Å². The fourth-order valence-electron chi connectivity index (χ4n) is 2.62. The van der Waals surface area contributed by atoms with E-state index in [1.807, 2.05) is 49.4 Å². The van der Waals surface area contributed by atoms with Crippen LogP contribution in [0.2, 0.25) is 0 Å². The van der Waals surface area contributed by atoms with E-state index >= 15 is 0 Å². The monoisotopic (exact) mass is 328 g/mol. The molecule has 4 aromatic rings. The highest BCUT2D eigenvalue weighted by atomic mass is 15.0. The maximum Gasteiger partial charge on any atom is 0.162 e. The van der Waals surface area contributed by atoms with Crippen LogP contribution in [-0.2, 0) is 6.54 Å². The predicted octanol–water partition coefficient (Wildman–Crippen LogP) is 3.40. The van der Waals surface area contributed by atoms with E-state index in [0.717, 1.165) is 33.8 Å². The number of benzene rings is 1. The molecule has 0 saturated heterocycles. The van der Waals surface area contributed by atoms with Gasteiger partial charge in [0.2, 0.25) is 0 Å². The Balaban J connectivity index is 1.73. The summed E-state index contributed by atoms with van der Waals surface area (Å²) >= 11 is 0. The quantitative estimate of drug-likeness (QED) is 0.619. The second-order valence-electron chi connectivity index (χ2n) is 5.60. The molecule has 1 aromatic carbocycles. The maximum atomic E-state index is 4.72. The topological polar surface area (TPSA) is 76.5 Å². The highest BCUT2D eigenvalue weighted by molar-refractivity contribution is 5.90. The number of fused-ring (bicyclic) bond motifs is 1. The fraction of sp³-hybridized carbons (Fsp3) is 0.105. The molecule has 1 N–H and O–H groups in total. The summed E-state index contributed by atoms with van der Waals surface area (Å²) in [6.45, 7) is 2.45. The molecule has 0 atom stereocenters. The van der Waals surface area contributed by atoms with Gasteiger partial charge in [0, 0.05) is 29.5 Å². The zero-order valence-corrected chi connectivity index (χ0v) is 13.7. The number of pyridine rings is 1. The third-order valence-electron chi connectivity index (χ3n) is 3.81. The average Bonchev–Trinajstić information content (AvgIpc) is 2.66. The highest BCUT2D eigenvalue weighted by Crippen LogP contribution is 2.24. The van der Waals surface area contributed by atoms with Gasteiger partial charge < -0.3 is 5.32 Å². The Morgan fingerprint density at radius 1 is 0.880 bits per heavy atom. The SMILES string of the molecule is Cc1nccc(CNc2nc(-c3ccncc3)nc3ccccc23)n1. The summed E-state index contributed by atoms with van der Waals surface area (Å²) in [5.74, 6) is 2.21. The zero-order valence-electron chi connectivity index (χ0n) is 13.7. The first-order valence-corrected chi connectivity index (χ1v) is 7.99. The first-order chi connectivity index (χ1) is 12.3. The molecule has 0 aliphatic heterocycles. The Kier molecular flexibility index (Phi) is 4.00. The van der Waals surface area contributed by atoms with Crippen LogP contribution < -0.4 is 5.32 Å². The van der Waals surface area contributed by atoms with E-state index in [-0.39, 0.29) is 0 Å². The van der Waals surface area contributed by atoms with Crippen LogP contribution in [0.5, 0.6) is 0 Å². The molecule has 0 fully saturated rings. The van der Waals surface area contributed by atoms with Gasteiger partial charge in [0.25, 0.3) is 0 Å². The van der Waals surface area contributed by atoms with Crippen molar-refractivity contribution in [3.05, 3.63) is 72.6 Å². The summed E-state index contributed by atoms with van der Waals surface area (Å²) < 4.78 is 0. The third-order valence-corrected chi connectivity index (χ3v) is 3.81. The smallest absolute Gasteiger partial charge is 0.162 e. The molecule has 122 valence electrons. The van der Waals surface area contributed by atoms with Gasteiger partial charge in [-0.25, -0.2) is 19.9 Å². The largest absolute Gasteiger partial charge is 0.364 e. The maximum absolute atomic E-state index is 4.72. The number of rotatable bonds is 4. The lowest BCUT2D eigenvalue weighted by molar-refractivity contribution is 0.950. The molecule has 0 unspecified atom stereocenters. The fourth-order valence-corrected chi connectivity index (χ4v) is 2.62. The van der Waals surface area contributed by atoms with E-state index in [9.17, 15) is 0 Å². The van der Waals surface area contributed by atoms with Crippen molar-refractivity contribution in [2.75, 3.05) is 5.32 Å². The molecule has 25 heavy (non-hydrogen) atoms. The zero-order chi connectivity index (χ0) is 17.1. The summed E-state index contributed by atoms with van der Waals surface area (Å²) in [5.41, 5.74) is 2.74. The number of aryl methyl sites for hydroxylation is 1. The number of anilines is 1. The number of aromatic nitrogens is 5. The van der Waals surface area contributed by atoms with Gasteiger partial charge in [-0.3, -0.25) is 4.98 Å². The lowest BCUT2D eigenvalue weighted by atomic mass is 10.2. The van der Waals surface area contributed by atoms with Crippen molar-refractivity contribution in [3.8, 4) is 11.4 Å². The minimum absolute atomic E-state index is 0.570. The first-order valence-electron chi connectivity index (χ1n) is 7.99. The Bertz CT molecular complexity index is 1020. The van der Waals surface area contributed by atoms with Crippen LogP contribution in [0.3, 0.4) is 0 Å². The van der Waals surface area contributed by atoms with Crippen LogP contribution in [0, 0.1) is 6.92 Å². The standard InChI is InChI=1S/C19H16N6/c1-13-21-11-8-15(23-13)12-22-19-16-4-2-3-5-17(16)24-18(25-19)14-6-9-20-10-7-14/h2-11H,12H2,1H3,(H,22,24,25). The molecule has 0 aliphatic rings. The summed E-state index contributed by atoms with van der Waals surface area (Å²) in [5, 5.41) is 4.36. The summed E-state index contributed by atoms with van der Waals surface area (Å²) in [6, 6.07) is 13.7. The molecule has 0 bridgehead atoms. The minimum atomic E-state index is 0.570. The van der Waals surface area contributed by atoms with E-state index < -0.39 is 0 Å². The van der Waals surface area contributed by atoms with Crippen LogP contribution in [0.4, 0.5) is 5.82 Å². The van der Waals surface area contributed by atoms with Gasteiger partial charge in [-0.15, -0.1) is 0 Å². The Morgan fingerprint density at radius 2 is 1.72 bits per heavy atom. The summed E-state index contributed by atoms with van der Waals surface area (Å²) in [4.78, 5) is 22.0. The van der Waals surface area contributed by atoms with Gasteiger partial charge in [-0.1, -0.05) is 12.1 Å². The molecule has 0 saturated carbocycles. The van der Waals surface area contributed by atoms with Crippen molar-refractivity contribution in [2.45, 2.75) is 13.5 Å². The van der Waals surface area contributed by atoms with Gasteiger partial charge in [0.05, 0.1) is 17.8 Å². The first kappa shape index (κ1) is 15.1. The second-order valence-corrected chi connectivity index (χ2v) is 5.60. The molecular formula is C19H16N6. The van der Waals surface area contributed by atoms with Crippen LogP contribution in [0.25, 0.3) is 22.3 Å². The lowest BCUT2D eigenvalue weighted by Crippen LogP contribution is -2.06. The second kappa shape index (κ2) is 6.60. The number of nitrogens with one attached hydrogen (secondary N) is 1. The molecule has 0 amide bonds. The average molecular weight is 328 g/mol. The van der Waals surface area contributed by atoms with Crippen molar-refractivity contribution >= 4 is 16.7 Å². The minimum Gasteiger partial charge on any atom is -0.364 e. The van der Waals surface area contributed by atoms with Crippen molar-refractivity contribution in [1.29, 1.82) is 0 Å². The number of hydrogen-bond donors (Lipinski definition) is 1. The number of nitrogens with zero attached hydrogens (tertiary/aromatic N) is 5. The van der Waals surface area contributed by atoms with Crippen LogP contribution in [0.15, 0.2) is 61.1 Å². The van der Waals surface area contributed by atoms with Gasteiger partial charge in [0.15, 0.2) is 5.82 Å². The van der Waals surface area contributed by atoms with Crippen LogP contribution in [-0.4, -0.2) is 24.9 Å². The molecule has 6 nitrogen and oxygen atoms in total. The third kappa shape index (κ3) is 3.28. The normalized spacial score (nSPS) is 10.8. The van der Waals surface area contributed by atoms with Crippen LogP contribution in [0.1, 0.15) is 11.5 Å². The molecule has 0 spiro atoms. The number of hydrogen-bond acceptors (Lipinski definition) is 6. The molecular weight excluding hydrogens is 312 g/mol. The molecule has 0 aliphatic carbocycles. The lowest BCUT2D eigenvalue weighted by Gasteiger charge is -2.11. The van der Waals surface area contributed by atoms with E-state index in [0.29, 0.717) is 12.4 Å². The molecule has 0 radical (unpaired) electrons. The Labute approximate surface area is 145 Å². The van der Waals surface area contributed by atoms with E-state index in [2.05, 4.69) is 25.3 Å². The van der Waals surface area contributed by atoms with Gasteiger partial charge in [-0.2, -0.15) is 0 Å².